The minimum atomic E-state index is -0.980. The van der Waals surface area contributed by atoms with Gasteiger partial charge in [0.15, 0.2) is 0 Å². The molecule has 27 heavy (non-hydrogen) atoms. The molecular weight excluding hydrogens is 387 g/mol. The fourth-order valence-electron chi connectivity index (χ4n) is 3.51. The molecular formula is C20H20Cl2N2O3. The van der Waals surface area contributed by atoms with Gasteiger partial charge in [0.25, 0.3) is 0 Å². The lowest BCUT2D eigenvalue weighted by Gasteiger charge is -2.44. The van der Waals surface area contributed by atoms with Gasteiger partial charge in [0.05, 0.1) is 12.6 Å². The second kappa shape index (κ2) is 8.30. The molecule has 2 atom stereocenters. The molecule has 0 aromatic heterocycles. The lowest BCUT2D eigenvalue weighted by atomic mass is 9.93. The number of carbonyl (C=O) groups excluding carboxylic acids is 1. The molecule has 1 aliphatic heterocycles. The van der Waals surface area contributed by atoms with Gasteiger partial charge in [-0.05, 0) is 42.8 Å². The van der Waals surface area contributed by atoms with Gasteiger partial charge < -0.3 is 10.0 Å². The summed E-state index contributed by atoms with van der Waals surface area (Å²) in [6.45, 7) is 0.451. The molecule has 1 saturated heterocycles. The maximum Gasteiger partial charge on any atom is 0.323 e. The summed E-state index contributed by atoms with van der Waals surface area (Å²) in [5.74, 6) is -1.10. The molecule has 2 unspecified atom stereocenters. The number of carboxylic acid groups (broad SMARTS) is 1. The molecule has 0 spiro atoms. The molecule has 0 saturated carbocycles. The molecule has 1 N–H and O–H groups in total. The van der Waals surface area contributed by atoms with Gasteiger partial charge in [0, 0.05) is 16.6 Å². The van der Waals surface area contributed by atoms with Gasteiger partial charge in [-0.25, -0.2) is 0 Å². The molecule has 3 rings (SSSR count). The number of piperazine rings is 1. The van der Waals surface area contributed by atoms with Crippen LogP contribution in [-0.4, -0.2) is 53.0 Å². The van der Waals surface area contributed by atoms with E-state index in [1.54, 1.807) is 53.2 Å². The van der Waals surface area contributed by atoms with Crippen molar-refractivity contribution in [3.63, 3.8) is 0 Å². The minimum Gasteiger partial charge on any atom is -0.480 e. The molecule has 7 heteroatoms. The van der Waals surface area contributed by atoms with Crippen molar-refractivity contribution in [3.05, 3.63) is 69.7 Å². The normalized spacial score (nSPS) is 20.7. The van der Waals surface area contributed by atoms with Crippen molar-refractivity contribution in [3.8, 4) is 0 Å². The summed E-state index contributed by atoms with van der Waals surface area (Å²) in [5.41, 5.74) is 1.67. The quantitative estimate of drug-likeness (QED) is 0.824. The second-order valence-corrected chi connectivity index (χ2v) is 7.47. The summed E-state index contributed by atoms with van der Waals surface area (Å²) in [6.07, 6.45) is 0.597. The number of benzene rings is 2. The van der Waals surface area contributed by atoms with Gasteiger partial charge in [-0.3, -0.25) is 14.5 Å². The standard InChI is InChI=1S/C20H20Cl2N2O3/c1-23-12-17(25)24(11-10-13-6-8-14(21)9-7-13)18(19(23)20(26)27)15-4-2-3-5-16(15)22/h2-9,18-19H,10-12H2,1H3,(H,26,27). The van der Waals surface area contributed by atoms with Crippen molar-refractivity contribution in [1.82, 2.24) is 9.80 Å². The highest BCUT2D eigenvalue weighted by Crippen LogP contribution is 2.35. The van der Waals surface area contributed by atoms with E-state index in [0.29, 0.717) is 28.6 Å². The maximum atomic E-state index is 12.8. The Labute approximate surface area is 168 Å². The zero-order chi connectivity index (χ0) is 19.6. The van der Waals surface area contributed by atoms with E-state index in [1.165, 1.54) is 0 Å². The van der Waals surface area contributed by atoms with Crippen molar-refractivity contribution < 1.29 is 14.7 Å². The molecule has 1 aliphatic rings. The lowest BCUT2D eigenvalue weighted by Crippen LogP contribution is -2.59. The van der Waals surface area contributed by atoms with Gasteiger partial charge >= 0.3 is 5.97 Å². The number of nitrogens with zero attached hydrogens (tertiary/aromatic N) is 2. The number of halogens is 2. The minimum absolute atomic E-state index is 0.0541. The molecule has 5 nitrogen and oxygen atoms in total. The average Bonchev–Trinajstić information content (AvgIpc) is 2.62. The van der Waals surface area contributed by atoms with Crippen LogP contribution in [0.2, 0.25) is 10.0 Å². The van der Waals surface area contributed by atoms with E-state index in [9.17, 15) is 14.7 Å². The summed E-state index contributed by atoms with van der Waals surface area (Å²) < 4.78 is 0. The number of carboxylic acids is 1. The largest absolute Gasteiger partial charge is 0.480 e. The topological polar surface area (TPSA) is 60.9 Å². The summed E-state index contributed by atoms with van der Waals surface area (Å²) in [7, 11) is 1.65. The fraction of sp³-hybridized carbons (Fsp3) is 0.300. The third-order valence-corrected chi connectivity index (χ3v) is 5.44. The number of hydrogen-bond donors (Lipinski definition) is 1. The van der Waals surface area contributed by atoms with E-state index < -0.39 is 18.1 Å². The van der Waals surface area contributed by atoms with Crippen LogP contribution in [0.5, 0.6) is 0 Å². The van der Waals surface area contributed by atoms with E-state index >= 15 is 0 Å². The van der Waals surface area contributed by atoms with Gasteiger partial charge in [0.1, 0.15) is 6.04 Å². The lowest BCUT2D eigenvalue weighted by molar-refractivity contribution is -0.156. The zero-order valence-electron chi connectivity index (χ0n) is 14.8. The number of hydrogen-bond acceptors (Lipinski definition) is 3. The molecule has 2 aromatic rings. The van der Waals surface area contributed by atoms with Crippen LogP contribution in [0.1, 0.15) is 17.2 Å². The first kappa shape index (κ1) is 19.7. The number of carbonyl (C=O) groups is 2. The highest BCUT2D eigenvalue weighted by atomic mass is 35.5. The summed E-state index contributed by atoms with van der Waals surface area (Å²) in [5, 5.41) is 10.9. The number of amides is 1. The van der Waals surface area contributed by atoms with Crippen LogP contribution in [0, 0.1) is 0 Å². The molecule has 2 aromatic carbocycles. The van der Waals surface area contributed by atoms with Gasteiger partial charge in [-0.15, -0.1) is 0 Å². The van der Waals surface area contributed by atoms with Crippen LogP contribution >= 0.6 is 23.2 Å². The Hall–Kier alpha value is -2.08. The average molecular weight is 407 g/mol. The molecule has 0 aliphatic carbocycles. The Kier molecular flexibility index (Phi) is 6.05. The Morgan fingerprint density at radius 2 is 1.81 bits per heavy atom. The molecule has 142 valence electrons. The van der Waals surface area contributed by atoms with Crippen molar-refractivity contribution in [1.29, 1.82) is 0 Å². The predicted molar refractivity (Wildman–Crippen MR) is 105 cm³/mol. The van der Waals surface area contributed by atoms with Gasteiger partial charge in [-0.1, -0.05) is 53.5 Å². The summed E-state index contributed by atoms with van der Waals surface area (Å²) in [6, 6.07) is 13.0. The first-order chi connectivity index (χ1) is 12.9. The highest BCUT2D eigenvalue weighted by molar-refractivity contribution is 6.31. The maximum absolute atomic E-state index is 12.8. The first-order valence-corrected chi connectivity index (χ1v) is 9.35. The van der Waals surface area contributed by atoms with Crippen molar-refractivity contribution >= 4 is 35.1 Å². The van der Waals surface area contributed by atoms with Crippen LogP contribution in [0.15, 0.2) is 48.5 Å². The monoisotopic (exact) mass is 406 g/mol. The SMILES string of the molecule is CN1CC(=O)N(CCc2ccc(Cl)cc2)C(c2ccccc2Cl)C1C(=O)O. The Morgan fingerprint density at radius 3 is 2.44 bits per heavy atom. The predicted octanol–water partition coefficient (Wildman–Crippen LogP) is 3.50. The van der Waals surface area contributed by atoms with Crippen LogP contribution in [0.3, 0.4) is 0 Å². The number of aliphatic carboxylic acids is 1. The zero-order valence-corrected chi connectivity index (χ0v) is 16.3. The van der Waals surface area contributed by atoms with Gasteiger partial charge in [0.2, 0.25) is 5.91 Å². The van der Waals surface area contributed by atoms with Crippen LogP contribution < -0.4 is 0 Å². The van der Waals surface area contributed by atoms with E-state index in [4.69, 9.17) is 23.2 Å². The van der Waals surface area contributed by atoms with Crippen LogP contribution in [-0.2, 0) is 16.0 Å². The Balaban J connectivity index is 1.94. The fourth-order valence-corrected chi connectivity index (χ4v) is 3.88. The van der Waals surface area contributed by atoms with Crippen molar-refractivity contribution in [2.45, 2.75) is 18.5 Å². The van der Waals surface area contributed by atoms with E-state index in [2.05, 4.69) is 0 Å². The van der Waals surface area contributed by atoms with Crippen LogP contribution in [0.4, 0.5) is 0 Å². The Bertz CT molecular complexity index is 841. The van der Waals surface area contributed by atoms with E-state index in [0.717, 1.165) is 5.56 Å². The third kappa shape index (κ3) is 4.26. The molecule has 1 fully saturated rings. The van der Waals surface area contributed by atoms with Crippen molar-refractivity contribution in [2.24, 2.45) is 0 Å². The number of likely N-dealkylation sites (N-methyl/N-ethyl adjacent to an activating group) is 1. The highest BCUT2D eigenvalue weighted by Gasteiger charge is 2.44. The molecule has 1 amide bonds. The number of rotatable bonds is 5. The smallest absolute Gasteiger partial charge is 0.323 e. The van der Waals surface area contributed by atoms with E-state index in [1.807, 2.05) is 12.1 Å². The van der Waals surface area contributed by atoms with Crippen molar-refractivity contribution in [2.75, 3.05) is 20.1 Å². The summed E-state index contributed by atoms with van der Waals surface area (Å²) >= 11 is 12.3. The first-order valence-electron chi connectivity index (χ1n) is 8.60. The van der Waals surface area contributed by atoms with E-state index in [-0.39, 0.29) is 12.5 Å². The Morgan fingerprint density at radius 1 is 1.15 bits per heavy atom. The van der Waals surface area contributed by atoms with Gasteiger partial charge in [-0.2, -0.15) is 0 Å². The van der Waals surface area contributed by atoms with Crippen LogP contribution in [0.25, 0.3) is 0 Å². The molecule has 0 bridgehead atoms. The molecule has 0 radical (unpaired) electrons. The third-order valence-electron chi connectivity index (χ3n) is 4.85. The summed E-state index contributed by atoms with van der Waals surface area (Å²) in [4.78, 5) is 28.0. The second-order valence-electron chi connectivity index (χ2n) is 6.63. The molecule has 1 heterocycles.